The quantitative estimate of drug-likeness (QED) is 0.741. The van der Waals surface area contributed by atoms with Crippen molar-refractivity contribution in [1.29, 1.82) is 0 Å². The van der Waals surface area contributed by atoms with Gasteiger partial charge in [0.15, 0.2) is 5.82 Å². The van der Waals surface area contributed by atoms with Gasteiger partial charge < -0.3 is 4.52 Å². The van der Waals surface area contributed by atoms with Crippen LogP contribution in [0.25, 0.3) is 11.5 Å². The molecule has 118 valence electrons. The number of rotatable bonds is 4. The molecule has 1 aliphatic heterocycles. The van der Waals surface area contributed by atoms with E-state index in [2.05, 4.69) is 26.3 Å². The summed E-state index contributed by atoms with van der Waals surface area (Å²) in [7, 11) is 1.95. The molecule has 0 saturated carbocycles. The molecule has 23 heavy (non-hydrogen) atoms. The molecule has 0 spiro atoms. The highest BCUT2D eigenvalue weighted by Crippen LogP contribution is 2.32. The lowest BCUT2D eigenvalue weighted by molar-refractivity contribution is 0.238. The van der Waals surface area contributed by atoms with Gasteiger partial charge in [-0.15, -0.1) is 0 Å². The Bertz CT molecular complexity index is 779. The summed E-state index contributed by atoms with van der Waals surface area (Å²) in [5, 5.41) is 8.43. The molecule has 3 aromatic rings. The molecule has 2 aromatic heterocycles. The highest BCUT2D eigenvalue weighted by molar-refractivity contribution is 5.51. The third-order valence-corrected chi connectivity index (χ3v) is 4.31. The summed E-state index contributed by atoms with van der Waals surface area (Å²) in [6.07, 6.45) is 6.38. The average molecular weight is 309 g/mol. The normalized spacial score (nSPS) is 18.6. The SMILES string of the molecule is Cn1cc([C@H]2CCCN2Cc2noc(-c3ccccc3)n2)cn1. The Labute approximate surface area is 134 Å². The van der Waals surface area contributed by atoms with Crippen molar-refractivity contribution in [3.8, 4) is 11.5 Å². The fraction of sp³-hybridized carbons (Fsp3) is 0.353. The molecule has 0 amide bonds. The number of benzene rings is 1. The first-order chi connectivity index (χ1) is 11.3. The lowest BCUT2D eigenvalue weighted by Gasteiger charge is -2.21. The maximum atomic E-state index is 5.40. The maximum Gasteiger partial charge on any atom is 0.257 e. The van der Waals surface area contributed by atoms with Crippen LogP contribution in [0.2, 0.25) is 0 Å². The van der Waals surface area contributed by atoms with Crippen LogP contribution in [0.4, 0.5) is 0 Å². The van der Waals surface area contributed by atoms with Gasteiger partial charge in [0.05, 0.1) is 12.7 Å². The van der Waals surface area contributed by atoms with Crippen LogP contribution < -0.4 is 0 Å². The smallest absolute Gasteiger partial charge is 0.257 e. The van der Waals surface area contributed by atoms with Crippen molar-refractivity contribution in [1.82, 2.24) is 24.8 Å². The fourth-order valence-electron chi connectivity index (χ4n) is 3.20. The van der Waals surface area contributed by atoms with Crippen molar-refractivity contribution in [3.05, 3.63) is 54.1 Å². The molecule has 1 aliphatic rings. The molecule has 1 fully saturated rings. The van der Waals surface area contributed by atoms with Crippen LogP contribution in [0.15, 0.2) is 47.2 Å². The third-order valence-electron chi connectivity index (χ3n) is 4.31. The second kappa shape index (κ2) is 5.96. The van der Waals surface area contributed by atoms with E-state index in [4.69, 9.17) is 4.52 Å². The van der Waals surface area contributed by atoms with Crippen LogP contribution in [0, 0.1) is 0 Å². The first-order valence-corrected chi connectivity index (χ1v) is 7.90. The number of hydrogen-bond acceptors (Lipinski definition) is 5. The fourth-order valence-corrected chi connectivity index (χ4v) is 3.20. The third kappa shape index (κ3) is 2.90. The van der Waals surface area contributed by atoms with Crippen molar-refractivity contribution in [2.24, 2.45) is 7.05 Å². The van der Waals surface area contributed by atoms with Gasteiger partial charge in [-0.05, 0) is 31.5 Å². The molecule has 3 heterocycles. The maximum absolute atomic E-state index is 5.40. The summed E-state index contributed by atoms with van der Waals surface area (Å²) >= 11 is 0. The van der Waals surface area contributed by atoms with E-state index in [1.807, 2.05) is 48.3 Å². The lowest BCUT2D eigenvalue weighted by atomic mass is 10.1. The Morgan fingerprint density at radius 1 is 1.26 bits per heavy atom. The minimum Gasteiger partial charge on any atom is -0.334 e. The molecule has 1 saturated heterocycles. The standard InChI is InChI=1S/C17H19N5O/c1-21-11-14(10-18-21)15-8-5-9-22(15)12-16-19-17(23-20-16)13-6-3-2-4-7-13/h2-4,6-7,10-11,15H,5,8-9,12H2,1H3/t15-/m1/s1. The van der Waals surface area contributed by atoms with Crippen LogP contribution in [0.5, 0.6) is 0 Å². The molecule has 1 atom stereocenters. The highest BCUT2D eigenvalue weighted by atomic mass is 16.5. The van der Waals surface area contributed by atoms with Gasteiger partial charge in [0.1, 0.15) is 0 Å². The van der Waals surface area contributed by atoms with E-state index in [9.17, 15) is 0 Å². The Hall–Kier alpha value is -2.47. The van der Waals surface area contributed by atoms with Gasteiger partial charge in [0, 0.05) is 30.4 Å². The van der Waals surface area contributed by atoms with Crippen LogP contribution in [0.1, 0.15) is 30.3 Å². The van der Waals surface area contributed by atoms with Crippen molar-refractivity contribution in [2.75, 3.05) is 6.54 Å². The largest absolute Gasteiger partial charge is 0.334 e. The van der Waals surface area contributed by atoms with Crippen LogP contribution in [-0.4, -0.2) is 31.4 Å². The Kier molecular flexibility index (Phi) is 3.67. The summed E-state index contributed by atoms with van der Waals surface area (Å²) < 4.78 is 7.26. The van der Waals surface area contributed by atoms with Crippen molar-refractivity contribution in [2.45, 2.75) is 25.4 Å². The Morgan fingerprint density at radius 2 is 2.13 bits per heavy atom. The van der Waals surface area contributed by atoms with E-state index in [1.54, 1.807) is 0 Å². The predicted molar refractivity (Wildman–Crippen MR) is 85.3 cm³/mol. The van der Waals surface area contributed by atoms with E-state index in [0.717, 1.165) is 24.4 Å². The summed E-state index contributed by atoms with van der Waals surface area (Å²) in [4.78, 5) is 6.94. The highest BCUT2D eigenvalue weighted by Gasteiger charge is 2.28. The molecular weight excluding hydrogens is 290 g/mol. The Morgan fingerprint density at radius 3 is 2.91 bits per heavy atom. The first kappa shape index (κ1) is 14.1. The zero-order valence-electron chi connectivity index (χ0n) is 13.1. The van der Waals surface area contributed by atoms with Gasteiger partial charge in [-0.1, -0.05) is 23.4 Å². The summed E-state index contributed by atoms with van der Waals surface area (Å²) in [5.41, 5.74) is 2.22. The number of aryl methyl sites for hydroxylation is 1. The van der Waals surface area contributed by atoms with Crippen molar-refractivity contribution < 1.29 is 4.52 Å². The second-order valence-corrected chi connectivity index (χ2v) is 5.96. The minimum atomic E-state index is 0.391. The zero-order chi connectivity index (χ0) is 15.6. The monoisotopic (exact) mass is 309 g/mol. The minimum absolute atomic E-state index is 0.391. The number of aromatic nitrogens is 4. The van der Waals surface area contributed by atoms with Crippen molar-refractivity contribution in [3.63, 3.8) is 0 Å². The van der Waals surface area contributed by atoms with E-state index >= 15 is 0 Å². The zero-order valence-corrected chi connectivity index (χ0v) is 13.1. The molecule has 6 heteroatoms. The summed E-state index contributed by atoms with van der Waals surface area (Å²) in [6, 6.07) is 10.3. The number of hydrogen-bond donors (Lipinski definition) is 0. The Balaban J connectivity index is 1.50. The number of likely N-dealkylation sites (tertiary alicyclic amines) is 1. The van der Waals surface area contributed by atoms with E-state index < -0.39 is 0 Å². The molecule has 0 bridgehead atoms. The molecule has 0 unspecified atom stereocenters. The molecule has 1 aromatic carbocycles. The van der Waals surface area contributed by atoms with Gasteiger partial charge in [0.25, 0.3) is 5.89 Å². The van der Waals surface area contributed by atoms with Gasteiger partial charge >= 0.3 is 0 Å². The topological polar surface area (TPSA) is 60.0 Å². The van der Waals surface area contributed by atoms with Gasteiger partial charge in [-0.2, -0.15) is 10.1 Å². The van der Waals surface area contributed by atoms with E-state index in [0.29, 0.717) is 18.5 Å². The average Bonchev–Trinajstić information content (AvgIpc) is 3.29. The van der Waals surface area contributed by atoms with Crippen molar-refractivity contribution >= 4 is 0 Å². The van der Waals surface area contributed by atoms with Crippen LogP contribution in [-0.2, 0) is 13.6 Å². The molecular formula is C17H19N5O. The summed E-state index contributed by atoms with van der Waals surface area (Å²) in [5.74, 6) is 1.32. The van der Waals surface area contributed by atoms with Gasteiger partial charge in [-0.25, -0.2) is 0 Å². The molecule has 4 rings (SSSR count). The van der Waals surface area contributed by atoms with E-state index in [1.165, 1.54) is 12.0 Å². The molecule has 0 radical (unpaired) electrons. The first-order valence-electron chi connectivity index (χ1n) is 7.90. The van der Waals surface area contributed by atoms with Gasteiger partial charge in [0.2, 0.25) is 0 Å². The summed E-state index contributed by atoms with van der Waals surface area (Å²) in [6.45, 7) is 1.75. The predicted octanol–water partition coefficient (Wildman–Crippen LogP) is 2.81. The van der Waals surface area contributed by atoms with Crippen LogP contribution in [0.3, 0.4) is 0 Å². The van der Waals surface area contributed by atoms with E-state index in [-0.39, 0.29) is 0 Å². The van der Waals surface area contributed by atoms with Gasteiger partial charge in [-0.3, -0.25) is 9.58 Å². The lowest BCUT2D eigenvalue weighted by Crippen LogP contribution is -2.23. The second-order valence-electron chi connectivity index (χ2n) is 5.96. The molecule has 6 nitrogen and oxygen atoms in total. The molecule has 0 N–H and O–H groups in total. The number of nitrogens with zero attached hydrogens (tertiary/aromatic N) is 5. The molecule has 0 aliphatic carbocycles. The van der Waals surface area contributed by atoms with Crippen LogP contribution >= 0.6 is 0 Å².